The highest BCUT2D eigenvalue weighted by atomic mass is 15.1. The molecule has 1 aliphatic carbocycles. The van der Waals surface area contributed by atoms with Crippen molar-refractivity contribution >= 4 is 0 Å². The summed E-state index contributed by atoms with van der Waals surface area (Å²) in [5, 5.41) is 0. The summed E-state index contributed by atoms with van der Waals surface area (Å²) in [5.74, 6) is 0. The molecule has 1 aliphatic rings. The fourth-order valence-corrected chi connectivity index (χ4v) is 3.96. The van der Waals surface area contributed by atoms with Gasteiger partial charge in [-0.1, -0.05) is 27.7 Å². The first-order chi connectivity index (χ1) is 8.20. The van der Waals surface area contributed by atoms with Gasteiger partial charge >= 0.3 is 0 Å². The first kappa shape index (κ1) is 13.6. The zero-order chi connectivity index (χ0) is 13.6. The van der Waals surface area contributed by atoms with E-state index < -0.39 is 0 Å². The van der Waals surface area contributed by atoms with Crippen LogP contribution >= 0.6 is 0 Å². The van der Waals surface area contributed by atoms with E-state index in [4.69, 9.17) is 5.73 Å². The van der Waals surface area contributed by atoms with E-state index in [2.05, 4.69) is 37.2 Å². The molecule has 2 N–H and O–H groups in total. The third-order valence-corrected chi connectivity index (χ3v) is 4.09. The quantitative estimate of drug-likeness (QED) is 0.869. The number of aromatic nitrogens is 2. The predicted molar refractivity (Wildman–Crippen MR) is 75.3 cm³/mol. The molecule has 0 aromatic carbocycles. The monoisotopic (exact) mass is 249 g/mol. The number of imidazole rings is 1. The number of hydrogen-bond acceptors (Lipinski definition) is 2. The van der Waals surface area contributed by atoms with Gasteiger partial charge in [-0.05, 0) is 37.0 Å². The Hall–Kier alpha value is -0.830. The van der Waals surface area contributed by atoms with Crippen molar-refractivity contribution in [2.75, 3.05) is 0 Å². The average Bonchev–Trinajstić information content (AvgIpc) is 2.59. The Morgan fingerprint density at radius 2 is 1.83 bits per heavy atom. The van der Waals surface area contributed by atoms with Crippen molar-refractivity contribution in [2.24, 2.45) is 16.6 Å². The molecule has 0 bridgehead atoms. The summed E-state index contributed by atoms with van der Waals surface area (Å²) in [5.41, 5.74) is 7.99. The summed E-state index contributed by atoms with van der Waals surface area (Å²) in [4.78, 5) is 4.30. The molecular weight excluding hydrogens is 222 g/mol. The van der Waals surface area contributed by atoms with Crippen LogP contribution in [0.25, 0.3) is 0 Å². The van der Waals surface area contributed by atoms with E-state index in [1.807, 2.05) is 19.4 Å². The first-order valence-corrected chi connectivity index (χ1v) is 6.98. The van der Waals surface area contributed by atoms with E-state index in [1.165, 1.54) is 19.3 Å². The molecule has 0 aliphatic heterocycles. The molecule has 0 saturated heterocycles. The molecule has 3 nitrogen and oxygen atoms in total. The van der Waals surface area contributed by atoms with Gasteiger partial charge in [-0.15, -0.1) is 0 Å². The van der Waals surface area contributed by atoms with E-state index >= 15 is 0 Å². The van der Waals surface area contributed by atoms with Crippen LogP contribution in [0.5, 0.6) is 0 Å². The predicted octanol–water partition coefficient (Wildman–Crippen LogP) is 3.68. The smallest absolute Gasteiger partial charge is 0.0951 e. The van der Waals surface area contributed by atoms with Gasteiger partial charge in [0.05, 0.1) is 12.0 Å². The number of hydrogen-bond donors (Lipinski definition) is 1. The van der Waals surface area contributed by atoms with Gasteiger partial charge in [-0.2, -0.15) is 0 Å². The minimum absolute atomic E-state index is 0.0562. The summed E-state index contributed by atoms with van der Waals surface area (Å²) in [6.07, 6.45) is 7.60. The maximum Gasteiger partial charge on any atom is 0.0951 e. The summed E-state index contributed by atoms with van der Waals surface area (Å²) < 4.78 is 2.31. The highest BCUT2D eigenvalue weighted by Gasteiger charge is 2.39. The lowest BCUT2D eigenvalue weighted by Crippen LogP contribution is -2.35. The number of nitrogens with two attached hydrogens (primary N) is 1. The van der Waals surface area contributed by atoms with Crippen molar-refractivity contribution in [3.05, 3.63) is 18.2 Å². The van der Waals surface area contributed by atoms with E-state index in [0.29, 0.717) is 16.9 Å². The van der Waals surface area contributed by atoms with Crippen LogP contribution in [0.2, 0.25) is 0 Å². The largest absolute Gasteiger partial charge is 0.330 e. The highest BCUT2D eigenvalue weighted by Crippen LogP contribution is 2.50. The van der Waals surface area contributed by atoms with Gasteiger partial charge in [-0.3, -0.25) is 0 Å². The Kier molecular flexibility index (Phi) is 3.30. The normalized spacial score (nSPS) is 25.0. The SMILES string of the molecule is CC(N)c1cncn1C1CC(C)(C)CC(C)(C)C1. The number of nitrogens with zero attached hydrogens (tertiary/aromatic N) is 2. The molecule has 18 heavy (non-hydrogen) atoms. The molecule has 3 heteroatoms. The second kappa shape index (κ2) is 4.37. The summed E-state index contributed by atoms with van der Waals surface area (Å²) >= 11 is 0. The first-order valence-electron chi connectivity index (χ1n) is 6.98. The van der Waals surface area contributed by atoms with Crippen LogP contribution in [-0.2, 0) is 0 Å². The van der Waals surface area contributed by atoms with Gasteiger partial charge in [0.15, 0.2) is 0 Å². The number of rotatable bonds is 2. The second-order valence-electron chi connectivity index (χ2n) is 7.58. The third-order valence-electron chi connectivity index (χ3n) is 4.09. The Labute approximate surface area is 111 Å². The molecule has 0 amide bonds. The Morgan fingerprint density at radius 1 is 1.28 bits per heavy atom. The Morgan fingerprint density at radius 3 is 2.33 bits per heavy atom. The fourth-order valence-electron chi connectivity index (χ4n) is 3.96. The molecule has 0 spiro atoms. The van der Waals surface area contributed by atoms with Gasteiger partial charge in [0.25, 0.3) is 0 Å². The highest BCUT2D eigenvalue weighted by molar-refractivity contribution is 5.07. The van der Waals surface area contributed by atoms with Gasteiger partial charge in [0.1, 0.15) is 0 Å². The lowest BCUT2D eigenvalue weighted by Gasteiger charge is -2.45. The molecular formula is C15H27N3. The minimum atomic E-state index is 0.0562. The van der Waals surface area contributed by atoms with Crippen molar-refractivity contribution in [1.29, 1.82) is 0 Å². The second-order valence-corrected chi connectivity index (χ2v) is 7.58. The zero-order valence-corrected chi connectivity index (χ0v) is 12.4. The Bertz CT molecular complexity index is 399. The molecule has 1 atom stereocenters. The van der Waals surface area contributed by atoms with Gasteiger partial charge in [-0.25, -0.2) is 4.98 Å². The molecule has 0 radical (unpaired) electrons. The fraction of sp³-hybridized carbons (Fsp3) is 0.800. The Balaban J connectivity index is 2.30. The van der Waals surface area contributed by atoms with Crippen molar-refractivity contribution in [1.82, 2.24) is 9.55 Å². The van der Waals surface area contributed by atoms with E-state index in [1.54, 1.807) is 0 Å². The average molecular weight is 249 g/mol. The van der Waals surface area contributed by atoms with Gasteiger partial charge < -0.3 is 10.3 Å². The van der Waals surface area contributed by atoms with Crippen molar-refractivity contribution < 1.29 is 0 Å². The molecule has 1 aromatic heterocycles. The molecule has 1 unspecified atom stereocenters. The van der Waals surface area contributed by atoms with Crippen molar-refractivity contribution in [2.45, 2.75) is 66.0 Å². The zero-order valence-electron chi connectivity index (χ0n) is 12.4. The molecule has 2 rings (SSSR count). The lowest BCUT2D eigenvalue weighted by atomic mass is 9.63. The topological polar surface area (TPSA) is 43.8 Å². The third kappa shape index (κ3) is 2.77. The van der Waals surface area contributed by atoms with Crippen LogP contribution in [0.4, 0.5) is 0 Å². The molecule has 1 fully saturated rings. The van der Waals surface area contributed by atoms with Crippen LogP contribution in [0.15, 0.2) is 12.5 Å². The van der Waals surface area contributed by atoms with Crippen LogP contribution in [0.3, 0.4) is 0 Å². The van der Waals surface area contributed by atoms with Crippen LogP contribution < -0.4 is 5.73 Å². The molecule has 1 heterocycles. The van der Waals surface area contributed by atoms with Gasteiger partial charge in [0.2, 0.25) is 0 Å². The molecule has 1 saturated carbocycles. The molecule has 1 aromatic rings. The summed E-state index contributed by atoms with van der Waals surface area (Å²) in [7, 11) is 0. The van der Waals surface area contributed by atoms with Gasteiger partial charge in [0, 0.05) is 18.3 Å². The van der Waals surface area contributed by atoms with E-state index in [9.17, 15) is 0 Å². The van der Waals surface area contributed by atoms with Crippen LogP contribution in [0, 0.1) is 10.8 Å². The van der Waals surface area contributed by atoms with E-state index in [-0.39, 0.29) is 6.04 Å². The maximum absolute atomic E-state index is 6.04. The summed E-state index contributed by atoms with van der Waals surface area (Å²) in [6, 6.07) is 0.591. The van der Waals surface area contributed by atoms with Crippen LogP contribution in [-0.4, -0.2) is 9.55 Å². The summed E-state index contributed by atoms with van der Waals surface area (Å²) in [6.45, 7) is 11.5. The minimum Gasteiger partial charge on any atom is -0.330 e. The van der Waals surface area contributed by atoms with E-state index in [0.717, 1.165) is 5.69 Å². The standard InChI is InChI=1S/C15H27N3/c1-11(16)13-8-17-10-18(13)12-6-14(2,3)9-15(4,5)7-12/h8,10-12H,6-7,9,16H2,1-5H3. The van der Waals surface area contributed by atoms with Crippen molar-refractivity contribution in [3.8, 4) is 0 Å². The molecule has 102 valence electrons. The lowest BCUT2D eigenvalue weighted by molar-refractivity contribution is 0.0709. The van der Waals surface area contributed by atoms with Crippen LogP contribution in [0.1, 0.15) is 71.7 Å². The van der Waals surface area contributed by atoms with Crippen molar-refractivity contribution in [3.63, 3.8) is 0 Å². The maximum atomic E-state index is 6.04.